The van der Waals surface area contributed by atoms with E-state index in [1.54, 1.807) is 24.3 Å². The summed E-state index contributed by atoms with van der Waals surface area (Å²) in [4.78, 5) is 4.16. The highest BCUT2D eigenvalue weighted by molar-refractivity contribution is 5.61. The molecular formula is C15H8FN3O2. The van der Waals surface area contributed by atoms with Crippen LogP contribution in [0.15, 0.2) is 47.0 Å². The minimum atomic E-state index is -0.759. The highest BCUT2D eigenvalue weighted by atomic mass is 19.1. The Bertz CT molecular complexity index is 852. The lowest BCUT2D eigenvalue weighted by atomic mass is 10.1. The first-order chi connectivity index (χ1) is 10.2. The van der Waals surface area contributed by atoms with Crippen LogP contribution in [0.3, 0.4) is 0 Å². The molecule has 0 aliphatic heterocycles. The zero-order chi connectivity index (χ0) is 14.8. The summed E-state index contributed by atoms with van der Waals surface area (Å²) in [7, 11) is 0. The van der Waals surface area contributed by atoms with Gasteiger partial charge in [-0.25, -0.2) is 4.39 Å². The van der Waals surface area contributed by atoms with Crippen LogP contribution in [-0.2, 0) is 0 Å². The largest absolute Gasteiger partial charge is 0.505 e. The predicted octanol–water partition coefficient (Wildman–Crippen LogP) is 3.12. The maximum absolute atomic E-state index is 13.3. The molecule has 21 heavy (non-hydrogen) atoms. The Kier molecular flexibility index (Phi) is 3.09. The second kappa shape index (κ2) is 5.06. The third kappa shape index (κ3) is 2.44. The van der Waals surface area contributed by atoms with Crippen molar-refractivity contribution in [2.75, 3.05) is 0 Å². The van der Waals surface area contributed by atoms with Crippen LogP contribution in [0.1, 0.15) is 5.56 Å². The number of hydrogen-bond acceptors (Lipinski definition) is 5. The van der Waals surface area contributed by atoms with Gasteiger partial charge in [0.2, 0.25) is 5.82 Å². The fraction of sp³-hybridized carbons (Fsp3) is 0. The number of rotatable bonds is 2. The molecule has 0 fully saturated rings. The third-order valence-corrected chi connectivity index (χ3v) is 2.87. The van der Waals surface area contributed by atoms with Crippen molar-refractivity contribution in [2.24, 2.45) is 0 Å². The van der Waals surface area contributed by atoms with Gasteiger partial charge in [0.1, 0.15) is 0 Å². The molecule has 0 radical (unpaired) electrons. The van der Waals surface area contributed by atoms with E-state index in [4.69, 9.17) is 14.9 Å². The Balaban J connectivity index is 1.99. The summed E-state index contributed by atoms with van der Waals surface area (Å²) < 4.78 is 18.4. The van der Waals surface area contributed by atoms with Crippen molar-refractivity contribution in [1.29, 1.82) is 5.26 Å². The van der Waals surface area contributed by atoms with Crippen LogP contribution in [0, 0.1) is 17.1 Å². The van der Waals surface area contributed by atoms with Gasteiger partial charge in [-0.2, -0.15) is 10.2 Å². The summed E-state index contributed by atoms with van der Waals surface area (Å²) in [6.45, 7) is 0. The molecule has 1 N–H and O–H groups in total. The topological polar surface area (TPSA) is 82.9 Å². The Morgan fingerprint density at radius 3 is 2.76 bits per heavy atom. The molecule has 0 bridgehead atoms. The maximum atomic E-state index is 13.3. The van der Waals surface area contributed by atoms with Crippen molar-refractivity contribution in [3.8, 4) is 34.7 Å². The van der Waals surface area contributed by atoms with E-state index in [1.165, 1.54) is 12.1 Å². The van der Waals surface area contributed by atoms with Crippen molar-refractivity contribution < 1.29 is 14.0 Å². The molecule has 0 saturated carbocycles. The van der Waals surface area contributed by atoms with E-state index in [-0.39, 0.29) is 11.7 Å². The Morgan fingerprint density at radius 1 is 1.14 bits per heavy atom. The van der Waals surface area contributed by atoms with Gasteiger partial charge in [0, 0.05) is 11.1 Å². The fourth-order valence-electron chi connectivity index (χ4n) is 1.83. The van der Waals surface area contributed by atoms with Gasteiger partial charge in [-0.3, -0.25) is 0 Å². The van der Waals surface area contributed by atoms with Gasteiger partial charge in [0.25, 0.3) is 5.89 Å². The van der Waals surface area contributed by atoms with Crippen molar-refractivity contribution >= 4 is 0 Å². The van der Waals surface area contributed by atoms with E-state index in [0.717, 1.165) is 6.07 Å². The molecule has 0 spiro atoms. The number of phenolic OH excluding ortho intramolecular Hbond substituents is 1. The molecule has 0 saturated heterocycles. The standard InChI is InChI=1S/C15H8FN3O2/c16-12-7-10(4-5-13(12)20)14-18-15(21-19-14)11-3-1-2-9(6-11)8-17/h1-7,20H. The maximum Gasteiger partial charge on any atom is 0.258 e. The zero-order valence-electron chi connectivity index (χ0n) is 10.6. The number of nitrogens with zero attached hydrogens (tertiary/aromatic N) is 3. The van der Waals surface area contributed by atoms with Crippen LogP contribution < -0.4 is 0 Å². The number of aromatic hydroxyl groups is 1. The Labute approximate surface area is 118 Å². The van der Waals surface area contributed by atoms with Crippen molar-refractivity contribution in [1.82, 2.24) is 10.1 Å². The molecule has 0 aliphatic carbocycles. The Morgan fingerprint density at radius 2 is 2.00 bits per heavy atom. The number of nitriles is 1. The summed E-state index contributed by atoms with van der Waals surface area (Å²) in [5.74, 6) is -0.767. The summed E-state index contributed by atoms with van der Waals surface area (Å²) in [6, 6.07) is 12.6. The Hall–Kier alpha value is -3.20. The molecule has 5 nitrogen and oxygen atoms in total. The molecule has 0 amide bonds. The molecule has 0 unspecified atom stereocenters. The highest BCUT2D eigenvalue weighted by Gasteiger charge is 2.12. The first kappa shape index (κ1) is 12.8. The first-order valence-corrected chi connectivity index (χ1v) is 6.00. The van der Waals surface area contributed by atoms with Gasteiger partial charge in [0.05, 0.1) is 11.6 Å². The van der Waals surface area contributed by atoms with Crippen molar-refractivity contribution in [3.05, 3.63) is 53.8 Å². The highest BCUT2D eigenvalue weighted by Crippen LogP contribution is 2.25. The van der Waals surface area contributed by atoms with E-state index in [0.29, 0.717) is 16.7 Å². The van der Waals surface area contributed by atoms with Gasteiger partial charge in [-0.15, -0.1) is 0 Å². The molecule has 6 heteroatoms. The van der Waals surface area contributed by atoms with Gasteiger partial charge in [-0.1, -0.05) is 11.2 Å². The summed E-state index contributed by atoms with van der Waals surface area (Å²) in [5, 5.41) is 21.8. The smallest absolute Gasteiger partial charge is 0.258 e. The molecule has 0 aliphatic rings. The van der Waals surface area contributed by atoms with Crippen LogP contribution in [0.5, 0.6) is 5.75 Å². The summed E-state index contributed by atoms with van der Waals surface area (Å²) in [5.41, 5.74) is 1.46. The SMILES string of the molecule is N#Cc1cccc(-c2nc(-c3ccc(O)c(F)c3)no2)c1. The van der Waals surface area contributed by atoms with Crippen molar-refractivity contribution in [2.45, 2.75) is 0 Å². The number of benzene rings is 2. The van der Waals surface area contributed by atoms with Gasteiger partial charge in [-0.05, 0) is 36.4 Å². The molecule has 3 rings (SSSR count). The number of halogens is 1. The minimum absolute atomic E-state index is 0.200. The summed E-state index contributed by atoms with van der Waals surface area (Å²) in [6.07, 6.45) is 0. The lowest BCUT2D eigenvalue weighted by molar-refractivity contribution is 0.430. The normalized spacial score (nSPS) is 10.3. The van der Waals surface area contributed by atoms with Crippen LogP contribution in [0.2, 0.25) is 0 Å². The number of hydrogen-bond donors (Lipinski definition) is 1. The molecule has 0 atom stereocenters. The van der Waals surface area contributed by atoms with Gasteiger partial charge in [0.15, 0.2) is 11.6 Å². The van der Waals surface area contributed by atoms with E-state index in [2.05, 4.69) is 10.1 Å². The minimum Gasteiger partial charge on any atom is -0.505 e. The lowest BCUT2D eigenvalue weighted by Gasteiger charge is -1.97. The molecule has 1 heterocycles. The van der Waals surface area contributed by atoms with Gasteiger partial charge < -0.3 is 9.63 Å². The third-order valence-electron chi connectivity index (χ3n) is 2.87. The molecule has 102 valence electrons. The van der Waals surface area contributed by atoms with E-state index < -0.39 is 11.6 Å². The summed E-state index contributed by atoms with van der Waals surface area (Å²) >= 11 is 0. The van der Waals surface area contributed by atoms with E-state index >= 15 is 0 Å². The fourth-order valence-corrected chi connectivity index (χ4v) is 1.83. The van der Waals surface area contributed by atoms with Crippen LogP contribution >= 0.6 is 0 Å². The monoisotopic (exact) mass is 281 g/mol. The lowest BCUT2D eigenvalue weighted by Crippen LogP contribution is -1.84. The van der Waals surface area contributed by atoms with Gasteiger partial charge >= 0.3 is 0 Å². The number of aromatic nitrogens is 2. The zero-order valence-corrected chi connectivity index (χ0v) is 10.6. The van der Waals surface area contributed by atoms with Crippen LogP contribution in [0.25, 0.3) is 22.8 Å². The first-order valence-electron chi connectivity index (χ1n) is 6.00. The molecule has 2 aromatic carbocycles. The second-order valence-electron chi connectivity index (χ2n) is 4.28. The van der Waals surface area contributed by atoms with E-state index in [9.17, 15) is 4.39 Å². The predicted molar refractivity (Wildman–Crippen MR) is 71.5 cm³/mol. The average Bonchev–Trinajstić information content (AvgIpc) is 3.00. The molecular weight excluding hydrogens is 273 g/mol. The van der Waals surface area contributed by atoms with Crippen LogP contribution in [0.4, 0.5) is 4.39 Å². The average molecular weight is 281 g/mol. The second-order valence-corrected chi connectivity index (χ2v) is 4.28. The van der Waals surface area contributed by atoms with Crippen molar-refractivity contribution in [3.63, 3.8) is 0 Å². The molecule has 1 aromatic heterocycles. The quantitative estimate of drug-likeness (QED) is 0.780. The molecule has 3 aromatic rings. The van der Waals surface area contributed by atoms with Crippen LogP contribution in [-0.4, -0.2) is 15.2 Å². The van der Waals surface area contributed by atoms with E-state index in [1.807, 2.05) is 6.07 Å². The number of phenols is 1.